The fraction of sp³-hybridized carbons (Fsp3) is 0.231. The van der Waals surface area contributed by atoms with Crippen LogP contribution in [0.1, 0.15) is 25.8 Å². The molecule has 0 aromatic heterocycles. The highest BCUT2D eigenvalue weighted by molar-refractivity contribution is 5.70. The monoisotopic (exact) mass is 201 g/mol. The summed E-state index contributed by atoms with van der Waals surface area (Å²) in [5.41, 5.74) is 0.827. The lowest BCUT2D eigenvalue weighted by Gasteiger charge is -2.04. The van der Waals surface area contributed by atoms with E-state index < -0.39 is 0 Å². The SMILES string of the molecule is CCC#C[CH]c1ccccc1OC(C)=O. The van der Waals surface area contributed by atoms with Gasteiger partial charge in [-0.2, -0.15) is 0 Å². The largest absolute Gasteiger partial charge is 0.426 e. The Morgan fingerprint density at radius 2 is 2.20 bits per heavy atom. The number of carbonyl (C=O) groups excluding carboxylic acids is 1. The van der Waals surface area contributed by atoms with E-state index in [1.54, 1.807) is 12.5 Å². The topological polar surface area (TPSA) is 26.3 Å². The van der Waals surface area contributed by atoms with Gasteiger partial charge in [-0.1, -0.05) is 31.0 Å². The van der Waals surface area contributed by atoms with Crippen LogP contribution in [0.5, 0.6) is 5.75 Å². The minimum Gasteiger partial charge on any atom is -0.426 e. The van der Waals surface area contributed by atoms with Gasteiger partial charge in [-0.25, -0.2) is 0 Å². The first-order chi connectivity index (χ1) is 7.24. The Morgan fingerprint density at radius 3 is 2.87 bits per heavy atom. The van der Waals surface area contributed by atoms with Crippen molar-refractivity contribution in [2.24, 2.45) is 0 Å². The summed E-state index contributed by atoms with van der Waals surface area (Å²) in [5.74, 6) is 6.06. The minimum atomic E-state index is -0.320. The van der Waals surface area contributed by atoms with E-state index in [4.69, 9.17) is 4.74 Å². The summed E-state index contributed by atoms with van der Waals surface area (Å²) in [4.78, 5) is 10.8. The second kappa shape index (κ2) is 5.87. The van der Waals surface area contributed by atoms with E-state index in [2.05, 4.69) is 11.8 Å². The fourth-order valence-corrected chi connectivity index (χ4v) is 1.08. The zero-order valence-electron chi connectivity index (χ0n) is 8.91. The molecule has 0 aliphatic heterocycles. The van der Waals surface area contributed by atoms with Crippen molar-refractivity contribution < 1.29 is 9.53 Å². The zero-order chi connectivity index (χ0) is 11.1. The molecule has 2 nitrogen and oxygen atoms in total. The zero-order valence-corrected chi connectivity index (χ0v) is 8.91. The summed E-state index contributed by atoms with van der Waals surface area (Å²) in [7, 11) is 0. The summed E-state index contributed by atoms with van der Waals surface area (Å²) in [5, 5.41) is 0. The Bertz CT molecular complexity index is 396. The highest BCUT2D eigenvalue weighted by Gasteiger charge is 2.03. The fourth-order valence-electron chi connectivity index (χ4n) is 1.08. The molecule has 0 saturated carbocycles. The van der Waals surface area contributed by atoms with E-state index >= 15 is 0 Å². The Labute approximate surface area is 90.3 Å². The van der Waals surface area contributed by atoms with E-state index in [9.17, 15) is 4.79 Å². The van der Waals surface area contributed by atoms with Crippen molar-refractivity contribution in [3.63, 3.8) is 0 Å². The smallest absolute Gasteiger partial charge is 0.308 e. The molecule has 0 amide bonds. The van der Waals surface area contributed by atoms with Gasteiger partial charge in [-0.15, -0.1) is 5.92 Å². The summed E-state index contributed by atoms with van der Waals surface area (Å²) < 4.78 is 5.04. The van der Waals surface area contributed by atoms with Crippen molar-refractivity contribution >= 4 is 5.97 Å². The first-order valence-corrected chi connectivity index (χ1v) is 4.83. The van der Waals surface area contributed by atoms with Gasteiger partial charge in [0.1, 0.15) is 5.75 Å². The lowest BCUT2D eigenvalue weighted by molar-refractivity contribution is -0.131. The maximum atomic E-state index is 10.8. The third-order valence-corrected chi connectivity index (χ3v) is 1.68. The third-order valence-electron chi connectivity index (χ3n) is 1.68. The molecular formula is C13H13O2. The second-order valence-corrected chi connectivity index (χ2v) is 2.95. The molecule has 1 aromatic rings. The van der Waals surface area contributed by atoms with Crippen LogP contribution in [0.4, 0.5) is 0 Å². The molecule has 0 N–H and O–H groups in total. The van der Waals surface area contributed by atoms with Crippen LogP contribution in [0, 0.1) is 18.3 Å². The molecule has 0 bridgehead atoms. The van der Waals surface area contributed by atoms with Gasteiger partial charge in [0.05, 0.1) is 6.42 Å². The normalized spacial score (nSPS) is 8.93. The molecule has 1 aromatic carbocycles. The standard InChI is InChI=1S/C13H13O2/c1-3-4-5-8-12-9-6-7-10-13(12)15-11(2)14/h6-10H,3H2,1-2H3. The summed E-state index contributed by atoms with van der Waals surface area (Å²) in [6.07, 6.45) is 2.56. The van der Waals surface area contributed by atoms with Crippen LogP contribution in [0.15, 0.2) is 24.3 Å². The van der Waals surface area contributed by atoms with Gasteiger partial charge in [-0.05, 0) is 6.07 Å². The maximum absolute atomic E-state index is 10.8. The first kappa shape index (κ1) is 11.3. The molecule has 77 valence electrons. The maximum Gasteiger partial charge on any atom is 0.308 e. The van der Waals surface area contributed by atoms with Crippen molar-refractivity contribution in [3.05, 3.63) is 36.2 Å². The Kier molecular flexibility index (Phi) is 4.43. The van der Waals surface area contributed by atoms with Crippen LogP contribution in [-0.2, 0) is 4.79 Å². The summed E-state index contributed by atoms with van der Waals surface area (Å²) in [6, 6.07) is 7.32. The van der Waals surface area contributed by atoms with Gasteiger partial charge in [0.25, 0.3) is 0 Å². The summed E-state index contributed by atoms with van der Waals surface area (Å²) in [6.45, 7) is 3.37. The predicted molar refractivity (Wildman–Crippen MR) is 59.2 cm³/mol. The third kappa shape index (κ3) is 3.86. The number of carbonyl (C=O) groups is 1. The molecular weight excluding hydrogens is 188 g/mol. The molecule has 0 saturated heterocycles. The van der Waals surface area contributed by atoms with Crippen molar-refractivity contribution in [1.82, 2.24) is 0 Å². The second-order valence-electron chi connectivity index (χ2n) is 2.95. The van der Waals surface area contributed by atoms with Crippen molar-refractivity contribution in [3.8, 4) is 17.6 Å². The van der Waals surface area contributed by atoms with Gasteiger partial charge in [-0.3, -0.25) is 4.79 Å². The molecule has 0 spiro atoms. The van der Waals surface area contributed by atoms with Gasteiger partial charge in [0.2, 0.25) is 0 Å². The van der Waals surface area contributed by atoms with Crippen LogP contribution in [-0.4, -0.2) is 5.97 Å². The quantitative estimate of drug-likeness (QED) is 0.417. The molecule has 1 radical (unpaired) electrons. The lowest BCUT2D eigenvalue weighted by Crippen LogP contribution is -2.03. The average molecular weight is 201 g/mol. The van der Waals surface area contributed by atoms with Gasteiger partial charge in [0.15, 0.2) is 0 Å². The number of hydrogen-bond donors (Lipinski definition) is 0. The number of hydrogen-bond acceptors (Lipinski definition) is 2. The molecule has 1 rings (SSSR count). The average Bonchev–Trinajstić information content (AvgIpc) is 2.20. The van der Waals surface area contributed by atoms with Crippen LogP contribution >= 0.6 is 0 Å². The number of esters is 1. The van der Waals surface area contributed by atoms with Crippen molar-refractivity contribution in [2.75, 3.05) is 0 Å². The van der Waals surface area contributed by atoms with Crippen LogP contribution in [0.25, 0.3) is 0 Å². The number of benzene rings is 1. The van der Waals surface area contributed by atoms with Gasteiger partial charge < -0.3 is 4.74 Å². The summed E-state index contributed by atoms with van der Waals surface area (Å²) >= 11 is 0. The number of para-hydroxylation sites is 1. The van der Waals surface area contributed by atoms with E-state index in [0.717, 1.165) is 12.0 Å². The molecule has 0 aliphatic carbocycles. The van der Waals surface area contributed by atoms with Crippen molar-refractivity contribution in [2.45, 2.75) is 20.3 Å². The Hall–Kier alpha value is -1.75. The molecule has 0 atom stereocenters. The lowest BCUT2D eigenvalue weighted by atomic mass is 10.1. The van der Waals surface area contributed by atoms with E-state index in [1.807, 2.05) is 25.1 Å². The van der Waals surface area contributed by atoms with Crippen LogP contribution in [0.2, 0.25) is 0 Å². The number of ether oxygens (including phenoxy) is 1. The minimum absolute atomic E-state index is 0.320. The van der Waals surface area contributed by atoms with Gasteiger partial charge in [0, 0.05) is 18.9 Å². The highest BCUT2D eigenvalue weighted by Crippen LogP contribution is 2.19. The molecule has 0 aliphatic rings. The Balaban J connectivity index is 2.81. The van der Waals surface area contributed by atoms with E-state index in [-0.39, 0.29) is 5.97 Å². The molecule has 0 fully saturated rings. The molecule has 2 heteroatoms. The predicted octanol–water partition coefficient (Wildman–Crippen LogP) is 2.58. The van der Waals surface area contributed by atoms with Crippen molar-refractivity contribution in [1.29, 1.82) is 0 Å². The number of rotatable bonds is 2. The highest BCUT2D eigenvalue weighted by atomic mass is 16.5. The molecule has 0 heterocycles. The Morgan fingerprint density at radius 1 is 1.47 bits per heavy atom. The van der Waals surface area contributed by atoms with Gasteiger partial charge >= 0.3 is 5.97 Å². The molecule has 0 unspecified atom stereocenters. The molecule has 15 heavy (non-hydrogen) atoms. The van der Waals surface area contributed by atoms with Crippen LogP contribution in [0.3, 0.4) is 0 Å². The first-order valence-electron chi connectivity index (χ1n) is 4.83. The van der Waals surface area contributed by atoms with E-state index in [0.29, 0.717) is 5.75 Å². The van der Waals surface area contributed by atoms with E-state index in [1.165, 1.54) is 6.92 Å². The van der Waals surface area contributed by atoms with Crippen LogP contribution < -0.4 is 4.74 Å².